The summed E-state index contributed by atoms with van der Waals surface area (Å²) < 4.78 is 10.5. The van der Waals surface area contributed by atoms with Gasteiger partial charge in [0.15, 0.2) is 11.5 Å². The Morgan fingerprint density at radius 1 is 1.15 bits per heavy atom. The van der Waals surface area contributed by atoms with E-state index in [0.717, 1.165) is 25.2 Å². The highest BCUT2D eigenvalue weighted by atomic mass is 16.5. The molecule has 1 saturated heterocycles. The van der Waals surface area contributed by atoms with Crippen molar-refractivity contribution in [2.45, 2.75) is 25.9 Å². The fraction of sp³-hybridized carbons (Fsp3) is 0.625. The molecule has 0 amide bonds. The van der Waals surface area contributed by atoms with E-state index in [-0.39, 0.29) is 5.92 Å². The van der Waals surface area contributed by atoms with E-state index in [9.17, 15) is 5.11 Å². The molecule has 1 heterocycles. The predicted molar refractivity (Wildman–Crippen MR) is 79.3 cm³/mol. The fourth-order valence-electron chi connectivity index (χ4n) is 2.84. The normalized spacial score (nSPS) is 18.8. The minimum Gasteiger partial charge on any atom is -0.493 e. The van der Waals surface area contributed by atoms with Crippen molar-refractivity contribution < 1.29 is 14.6 Å². The molecule has 0 spiro atoms. The van der Waals surface area contributed by atoms with Crippen LogP contribution in [-0.2, 0) is 0 Å². The van der Waals surface area contributed by atoms with Gasteiger partial charge < -0.3 is 19.5 Å². The molecule has 0 aromatic heterocycles. The maximum absolute atomic E-state index is 10.5. The minimum atomic E-state index is -0.476. The predicted octanol–water partition coefficient (Wildman–Crippen LogP) is 2.47. The molecule has 0 aliphatic carbocycles. The van der Waals surface area contributed by atoms with E-state index in [4.69, 9.17) is 9.47 Å². The number of nitrogens with zero attached hydrogens (tertiary/aromatic N) is 1. The topological polar surface area (TPSA) is 41.9 Å². The van der Waals surface area contributed by atoms with Gasteiger partial charge in [0.05, 0.1) is 20.3 Å². The molecule has 1 aromatic carbocycles. The third kappa shape index (κ3) is 3.44. The highest BCUT2D eigenvalue weighted by molar-refractivity contribution is 5.43. The van der Waals surface area contributed by atoms with Gasteiger partial charge in [0.2, 0.25) is 0 Å². The highest BCUT2D eigenvalue weighted by Crippen LogP contribution is 2.32. The number of ether oxygens (including phenoxy) is 2. The van der Waals surface area contributed by atoms with Crippen molar-refractivity contribution in [3.63, 3.8) is 0 Å². The van der Waals surface area contributed by atoms with Crippen LogP contribution in [-0.4, -0.2) is 43.9 Å². The van der Waals surface area contributed by atoms with Gasteiger partial charge in [-0.1, -0.05) is 13.0 Å². The van der Waals surface area contributed by atoms with Crippen molar-refractivity contribution in [2.75, 3.05) is 33.9 Å². The van der Waals surface area contributed by atoms with Crippen LogP contribution in [0.15, 0.2) is 18.2 Å². The molecule has 1 fully saturated rings. The Morgan fingerprint density at radius 2 is 1.80 bits per heavy atom. The van der Waals surface area contributed by atoms with Gasteiger partial charge in [0.25, 0.3) is 0 Å². The summed E-state index contributed by atoms with van der Waals surface area (Å²) in [4.78, 5) is 2.43. The quantitative estimate of drug-likeness (QED) is 0.868. The SMILES string of the molecule is COc1ccc([C@@H](O)[C@H](C)CN2CCCC2)cc1OC. The van der Waals surface area contributed by atoms with E-state index in [2.05, 4.69) is 11.8 Å². The molecule has 1 aliphatic rings. The van der Waals surface area contributed by atoms with Gasteiger partial charge in [-0.05, 0) is 49.5 Å². The summed E-state index contributed by atoms with van der Waals surface area (Å²) in [6, 6.07) is 5.62. The highest BCUT2D eigenvalue weighted by Gasteiger charge is 2.22. The second kappa shape index (κ2) is 6.95. The summed E-state index contributed by atoms with van der Waals surface area (Å²) in [5, 5.41) is 10.5. The van der Waals surface area contributed by atoms with E-state index in [1.165, 1.54) is 12.8 Å². The maximum Gasteiger partial charge on any atom is 0.161 e. The summed E-state index contributed by atoms with van der Waals surface area (Å²) in [5.41, 5.74) is 0.884. The average Bonchev–Trinajstić information content (AvgIpc) is 2.98. The van der Waals surface area contributed by atoms with Gasteiger partial charge in [-0.15, -0.1) is 0 Å². The Labute approximate surface area is 121 Å². The van der Waals surface area contributed by atoms with E-state index >= 15 is 0 Å². The smallest absolute Gasteiger partial charge is 0.161 e. The molecule has 0 bridgehead atoms. The number of hydrogen-bond donors (Lipinski definition) is 1. The van der Waals surface area contributed by atoms with Crippen molar-refractivity contribution in [3.8, 4) is 11.5 Å². The van der Waals surface area contributed by atoms with Gasteiger partial charge >= 0.3 is 0 Å². The fourth-order valence-corrected chi connectivity index (χ4v) is 2.84. The molecule has 2 atom stereocenters. The van der Waals surface area contributed by atoms with Crippen molar-refractivity contribution in [1.29, 1.82) is 0 Å². The third-order valence-corrected chi connectivity index (χ3v) is 4.03. The number of methoxy groups -OCH3 is 2. The summed E-state index contributed by atoms with van der Waals surface area (Å²) in [5.74, 6) is 1.55. The molecular formula is C16H25NO3. The first-order valence-electron chi connectivity index (χ1n) is 7.28. The van der Waals surface area contributed by atoms with E-state index in [0.29, 0.717) is 11.5 Å². The molecule has 0 unspecified atom stereocenters. The summed E-state index contributed by atoms with van der Waals surface area (Å²) in [6.07, 6.45) is 2.08. The number of hydrogen-bond acceptors (Lipinski definition) is 4. The van der Waals surface area contributed by atoms with E-state index in [1.54, 1.807) is 14.2 Å². The molecule has 112 valence electrons. The Kier molecular flexibility index (Phi) is 5.26. The monoisotopic (exact) mass is 279 g/mol. The summed E-state index contributed by atoms with van der Waals surface area (Å²) in [6.45, 7) is 5.35. The number of aliphatic hydroxyl groups is 1. The molecule has 20 heavy (non-hydrogen) atoms. The maximum atomic E-state index is 10.5. The van der Waals surface area contributed by atoms with Crippen LogP contribution in [0, 0.1) is 5.92 Å². The van der Waals surface area contributed by atoms with Crippen LogP contribution in [0.5, 0.6) is 11.5 Å². The number of likely N-dealkylation sites (tertiary alicyclic amines) is 1. The number of aliphatic hydroxyl groups excluding tert-OH is 1. The van der Waals surface area contributed by atoms with Gasteiger partial charge in [-0.25, -0.2) is 0 Å². The van der Waals surface area contributed by atoms with Crippen LogP contribution in [0.2, 0.25) is 0 Å². The van der Waals surface area contributed by atoms with E-state index < -0.39 is 6.10 Å². The number of benzene rings is 1. The van der Waals surface area contributed by atoms with Crippen LogP contribution in [0.1, 0.15) is 31.4 Å². The lowest BCUT2D eigenvalue weighted by Gasteiger charge is -2.25. The van der Waals surface area contributed by atoms with Gasteiger partial charge in [-0.2, -0.15) is 0 Å². The minimum absolute atomic E-state index is 0.200. The molecule has 4 nitrogen and oxygen atoms in total. The van der Waals surface area contributed by atoms with Crippen LogP contribution < -0.4 is 9.47 Å². The van der Waals surface area contributed by atoms with Crippen molar-refractivity contribution in [1.82, 2.24) is 4.90 Å². The Hall–Kier alpha value is -1.26. The lowest BCUT2D eigenvalue weighted by molar-refractivity contribution is 0.0943. The van der Waals surface area contributed by atoms with Crippen LogP contribution >= 0.6 is 0 Å². The second-order valence-electron chi connectivity index (χ2n) is 5.54. The Bertz CT molecular complexity index is 430. The summed E-state index contributed by atoms with van der Waals surface area (Å²) in [7, 11) is 3.23. The summed E-state index contributed by atoms with van der Waals surface area (Å²) >= 11 is 0. The van der Waals surface area contributed by atoms with Gasteiger partial charge in [-0.3, -0.25) is 0 Å². The first-order chi connectivity index (χ1) is 9.65. The molecule has 0 radical (unpaired) electrons. The van der Waals surface area contributed by atoms with Crippen molar-refractivity contribution in [2.24, 2.45) is 5.92 Å². The third-order valence-electron chi connectivity index (χ3n) is 4.03. The molecule has 1 aliphatic heterocycles. The molecule has 0 saturated carbocycles. The lowest BCUT2D eigenvalue weighted by Crippen LogP contribution is -2.28. The van der Waals surface area contributed by atoms with Crippen LogP contribution in [0.3, 0.4) is 0 Å². The van der Waals surface area contributed by atoms with E-state index in [1.807, 2.05) is 18.2 Å². The van der Waals surface area contributed by atoms with Crippen molar-refractivity contribution in [3.05, 3.63) is 23.8 Å². The zero-order chi connectivity index (χ0) is 14.5. The van der Waals surface area contributed by atoms with Gasteiger partial charge in [0.1, 0.15) is 0 Å². The van der Waals surface area contributed by atoms with Crippen molar-refractivity contribution >= 4 is 0 Å². The Balaban J connectivity index is 2.05. The zero-order valence-electron chi connectivity index (χ0n) is 12.6. The largest absolute Gasteiger partial charge is 0.493 e. The first kappa shape index (κ1) is 15.1. The zero-order valence-corrected chi connectivity index (χ0v) is 12.6. The lowest BCUT2D eigenvalue weighted by atomic mass is 9.96. The standard InChI is InChI=1S/C16H25NO3/c1-12(11-17-8-4-5-9-17)16(18)13-6-7-14(19-2)15(10-13)20-3/h6-7,10,12,16,18H,4-5,8-9,11H2,1-3H3/t12-,16+/m1/s1. The molecule has 1 aromatic rings. The van der Waals surface area contributed by atoms with Crippen LogP contribution in [0.25, 0.3) is 0 Å². The number of rotatable bonds is 6. The second-order valence-corrected chi connectivity index (χ2v) is 5.54. The Morgan fingerprint density at radius 3 is 2.40 bits per heavy atom. The first-order valence-corrected chi connectivity index (χ1v) is 7.28. The van der Waals surface area contributed by atoms with Crippen LogP contribution in [0.4, 0.5) is 0 Å². The molecule has 2 rings (SSSR count). The average molecular weight is 279 g/mol. The molecular weight excluding hydrogens is 254 g/mol. The van der Waals surface area contributed by atoms with Gasteiger partial charge in [0, 0.05) is 6.54 Å². The molecule has 1 N–H and O–H groups in total. The molecule has 4 heteroatoms.